The van der Waals surface area contributed by atoms with E-state index < -0.39 is 0 Å². The van der Waals surface area contributed by atoms with Crippen LogP contribution in [0.5, 0.6) is 0 Å². The van der Waals surface area contributed by atoms with Crippen LogP contribution >= 0.6 is 11.3 Å². The van der Waals surface area contributed by atoms with Gasteiger partial charge in [-0.3, -0.25) is 0 Å². The summed E-state index contributed by atoms with van der Waals surface area (Å²) in [4.78, 5) is 5.65. The van der Waals surface area contributed by atoms with Crippen molar-refractivity contribution in [1.29, 1.82) is 0 Å². The second kappa shape index (κ2) is 14.6. The van der Waals surface area contributed by atoms with Gasteiger partial charge in [-0.05, 0) is 174 Å². The maximum absolute atomic E-state index is 2.83. The van der Waals surface area contributed by atoms with E-state index >= 15 is 0 Å². The quantitative estimate of drug-likeness (QED) is 0.159. The minimum absolute atomic E-state index is 0.00280. The molecule has 0 saturated heterocycles. The number of anilines is 6. The van der Waals surface area contributed by atoms with Crippen LogP contribution in [-0.4, -0.2) is 6.71 Å². The van der Waals surface area contributed by atoms with Crippen molar-refractivity contribution in [3.8, 4) is 11.1 Å². The van der Waals surface area contributed by atoms with Gasteiger partial charge in [0.2, 0.25) is 0 Å². The molecule has 6 aromatic carbocycles. The van der Waals surface area contributed by atoms with Crippen LogP contribution in [0.15, 0.2) is 103 Å². The molecule has 2 aliphatic heterocycles. The lowest BCUT2D eigenvalue weighted by molar-refractivity contribution is 0.331. The number of rotatable bonds is 2. The van der Waals surface area contributed by atoms with Crippen molar-refractivity contribution in [2.24, 2.45) is 0 Å². The fourth-order valence-corrected chi connectivity index (χ4v) is 16.3. The predicted octanol–water partition coefficient (Wildman–Crippen LogP) is 17.1. The van der Waals surface area contributed by atoms with E-state index in [1.807, 2.05) is 0 Å². The van der Waals surface area contributed by atoms with Gasteiger partial charge in [0.25, 0.3) is 6.71 Å². The van der Waals surface area contributed by atoms with Crippen LogP contribution in [0.2, 0.25) is 0 Å². The molecule has 362 valence electrons. The van der Waals surface area contributed by atoms with Crippen LogP contribution in [0, 0.1) is 0 Å². The highest BCUT2D eigenvalue weighted by molar-refractivity contribution is 7.33. The number of nitrogens with zero attached hydrogens (tertiary/aromatic N) is 2. The average Bonchev–Trinajstić information content (AvgIpc) is 4.04. The second-order valence-corrected chi connectivity index (χ2v) is 28.9. The lowest BCUT2D eigenvalue weighted by Crippen LogP contribution is -2.61. The van der Waals surface area contributed by atoms with E-state index in [4.69, 9.17) is 0 Å². The van der Waals surface area contributed by atoms with Gasteiger partial charge in [0, 0.05) is 48.6 Å². The van der Waals surface area contributed by atoms with Crippen LogP contribution in [0.1, 0.15) is 193 Å². The lowest BCUT2D eigenvalue weighted by atomic mass is 9.35. The monoisotopic (exact) mass is 951 g/mol. The first kappa shape index (κ1) is 45.8. The normalized spacial score (nSPS) is 20.3. The molecule has 4 aliphatic carbocycles. The van der Waals surface area contributed by atoms with Crippen LogP contribution < -0.4 is 25.5 Å². The maximum atomic E-state index is 2.83. The Morgan fingerprint density at radius 1 is 0.493 bits per heavy atom. The molecule has 1 saturated carbocycles. The summed E-state index contributed by atoms with van der Waals surface area (Å²) in [6.45, 7) is 34.6. The number of hydrogen-bond donors (Lipinski definition) is 0. The van der Waals surface area contributed by atoms with Crippen molar-refractivity contribution in [3.05, 3.63) is 148 Å². The summed E-state index contributed by atoms with van der Waals surface area (Å²) in [7, 11) is 0. The Kier molecular flexibility index (Phi) is 9.40. The summed E-state index contributed by atoms with van der Waals surface area (Å²) in [5.74, 6) is 0. The summed E-state index contributed by atoms with van der Waals surface area (Å²) in [5.41, 5.74) is 26.1. The van der Waals surface area contributed by atoms with Crippen molar-refractivity contribution in [2.75, 3.05) is 9.80 Å². The highest BCUT2D eigenvalue weighted by Gasteiger charge is 2.52. The van der Waals surface area contributed by atoms with E-state index in [9.17, 15) is 0 Å². The molecule has 7 aromatic rings. The molecule has 3 heterocycles. The van der Waals surface area contributed by atoms with E-state index in [1.165, 1.54) is 149 Å². The Hall–Kier alpha value is -5.06. The van der Waals surface area contributed by atoms with Gasteiger partial charge in [-0.1, -0.05) is 170 Å². The van der Waals surface area contributed by atoms with Gasteiger partial charge in [-0.25, -0.2) is 0 Å². The third-order valence-corrected chi connectivity index (χ3v) is 20.6. The third-order valence-electron chi connectivity index (χ3n) is 19.4. The molecule has 6 aliphatic rings. The Balaban J connectivity index is 1.20. The van der Waals surface area contributed by atoms with Crippen LogP contribution in [0.25, 0.3) is 21.2 Å². The lowest BCUT2D eigenvalue weighted by Gasteiger charge is -2.50. The van der Waals surface area contributed by atoms with Gasteiger partial charge in [0.05, 0.1) is 11.4 Å². The van der Waals surface area contributed by atoms with Gasteiger partial charge >= 0.3 is 0 Å². The van der Waals surface area contributed by atoms with E-state index in [1.54, 1.807) is 11.1 Å². The topological polar surface area (TPSA) is 6.48 Å². The molecule has 0 bridgehead atoms. The standard InChI is InChI=1S/C67H75BN2S/c1-61(2,3)40-24-29-54-44(36-40)58-60(71-54)68-50-28-27-48-56(66(13,14)35-34-64(48,9)10)59(50)69(42-25-26-46-49(39-42)65(11,12)33-32-63(46,7)8)52-37-41(62(4,5)6)38-53(57(52)68)70(58)51-23-19-22-47-55(51)43-20-15-16-21-45(43)67(47)30-17-18-31-67/h15-16,19-29,36-39H,17-18,30-35H2,1-14H3. The molecule has 1 spiro atoms. The number of hydrogen-bond acceptors (Lipinski definition) is 3. The molecule has 4 heteroatoms. The third kappa shape index (κ3) is 6.31. The summed E-state index contributed by atoms with van der Waals surface area (Å²) in [5, 5.41) is 1.38. The highest BCUT2D eigenvalue weighted by atomic mass is 32.1. The van der Waals surface area contributed by atoms with Crippen molar-refractivity contribution >= 4 is 78.0 Å². The molecular weight excluding hydrogens is 876 g/mol. The first-order valence-electron chi connectivity index (χ1n) is 27.4. The smallest absolute Gasteiger partial charge is 0.264 e. The Labute approximate surface area is 430 Å². The number of thiophene rings is 1. The van der Waals surface area contributed by atoms with Crippen molar-refractivity contribution in [3.63, 3.8) is 0 Å². The molecule has 2 nitrogen and oxygen atoms in total. The van der Waals surface area contributed by atoms with Crippen molar-refractivity contribution in [1.82, 2.24) is 0 Å². The fraction of sp³-hybridized carbons (Fsp3) is 0.433. The average molecular weight is 951 g/mol. The molecular formula is C67H75BN2S. The van der Waals surface area contributed by atoms with Crippen LogP contribution in [0.3, 0.4) is 0 Å². The zero-order chi connectivity index (χ0) is 49.7. The number of benzene rings is 6. The minimum atomic E-state index is -0.118. The number of fused-ring (bicyclic) bond motifs is 14. The van der Waals surface area contributed by atoms with Crippen LogP contribution in [-0.2, 0) is 37.9 Å². The summed E-state index contributed by atoms with van der Waals surface area (Å²) in [6.07, 6.45) is 9.74. The molecule has 0 unspecified atom stereocenters. The molecule has 0 amide bonds. The zero-order valence-corrected chi connectivity index (χ0v) is 46.2. The van der Waals surface area contributed by atoms with Crippen LogP contribution in [0.4, 0.5) is 34.1 Å². The Morgan fingerprint density at radius 3 is 1.82 bits per heavy atom. The minimum Gasteiger partial charge on any atom is -0.311 e. The SMILES string of the molecule is CC(C)(C)c1cc2c3c(c1)N(c1cccc4c1-c1ccccc1C41CCCC1)c1c(sc4ccc(C(C)(C)C)cc14)B3c1ccc3c(c1N2c1ccc2c(c1)C(C)(C)CCC2(C)C)C(C)(C)CCC3(C)C. The first-order valence-corrected chi connectivity index (χ1v) is 28.2. The van der Waals surface area contributed by atoms with Gasteiger partial charge in [0.15, 0.2) is 0 Å². The second-order valence-electron chi connectivity index (χ2n) is 27.8. The molecule has 13 rings (SSSR count). The molecule has 0 atom stereocenters. The fourth-order valence-electron chi connectivity index (χ4n) is 15.0. The van der Waals surface area contributed by atoms with E-state index in [0.717, 1.165) is 6.42 Å². The maximum Gasteiger partial charge on any atom is 0.264 e. The molecule has 1 fully saturated rings. The van der Waals surface area contributed by atoms with Crippen molar-refractivity contribution in [2.45, 2.75) is 186 Å². The van der Waals surface area contributed by atoms with E-state index in [2.05, 4.69) is 221 Å². The first-order chi connectivity index (χ1) is 33.4. The van der Waals surface area contributed by atoms with Gasteiger partial charge in [0.1, 0.15) is 0 Å². The predicted molar refractivity (Wildman–Crippen MR) is 309 cm³/mol. The van der Waals surface area contributed by atoms with Gasteiger partial charge in [-0.2, -0.15) is 0 Å². The Morgan fingerprint density at radius 2 is 1.11 bits per heavy atom. The largest absolute Gasteiger partial charge is 0.311 e. The van der Waals surface area contributed by atoms with Gasteiger partial charge in [-0.15, -0.1) is 11.3 Å². The van der Waals surface area contributed by atoms with E-state index in [0.29, 0.717) is 0 Å². The highest BCUT2D eigenvalue weighted by Crippen LogP contribution is 2.62. The van der Waals surface area contributed by atoms with Gasteiger partial charge < -0.3 is 9.80 Å². The molecule has 1 aromatic heterocycles. The molecule has 0 N–H and O–H groups in total. The van der Waals surface area contributed by atoms with E-state index in [-0.39, 0.29) is 44.6 Å². The summed E-state index contributed by atoms with van der Waals surface area (Å²) < 4.78 is 2.85. The van der Waals surface area contributed by atoms with Crippen molar-refractivity contribution < 1.29 is 0 Å². The Bertz CT molecular complexity index is 3430. The molecule has 71 heavy (non-hydrogen) atoms. The summed E-state index contributed by atoms with van der Waals surface area (Å²) in [6, 6.07) is 42.6. The summed E-state index contributed by atoms with van der Waals surface area (Å²) >= 11 is 2.06. The molecule has 0 radical (unpaired) electrons. The zero-order valence-electron chi connectivity index (χ0n) is 45.4.